The summed E-state index contributed by atoms with van der Waals surface area (Å²) in [5.41, 5.74) is 11.6. The zero-order chi connectivity index (χ0) is 30.1. The normalized spacial score (nSPS) is 15.1. The Hall–Kier alpha value is -3.70. The number of piperazine rings is 1. The minimum absolute atomic E-state index is 0.0181. The van der Waals surface area contributed by atoms with Crippen LogP contribution in [0.4, 0.5) is 11.8 Å². The van der Waals surface area contributed by atoms with Crippen LogP contribution in [-0.2, 0) is 22.7 Å². The molecule has 1 saturated heterocycles. The molecule has 228 valence electrons. The van der Waals surface area contributed by atoms with Crippen LogP contribution in [0.25, 0.3) is 11.0 Å². The number of rotatable bonds is 15. The van der Waals surface area contributed by atoms with Gasteiger partial charge in [-0.2, -0.15) is 4.98 Å². The predicted molar refractivity (Wildman–Crippen MR) is 166 cm³/mol. The van der Waals surface area contributed by atoms with E-state index in [0.717, 1.165) is 75.6 Å². The average molecular weight is 579 g/mol. The van der Waals surface area contributed by atoms with Crippen molar-refractivity contribution >= 4 is 34.7 Å². The van der Waals surface area contributed by atoms with Crippen LogP contribution in [0.15, 0.2) is 30.5 Å². The van der Waals surface area contributed by atoms with Gasteiger partial charge in [-0.1, -0.05) is 44.9 Å². The first-order chi connectivity index (χ1) is 20.2. The van der Waals surface area contributed by atoms with E-state index in [1.807, 2.05) is 6.07 Å². The molecular formula is C31H46N8O3. The van der Waals surface area contributed by atoms with Gasteiger partial charge >= 0.3 is 5.97 Å². The van der Waals surface area contributed by atoms with Crippen LogP contribution in [-0.4, -0.2) is 87.1 Å². The van der Waals surface area contributed by atoms with Gasteiger partial charge in [0.25, 0.3) is 0 Å². The highest BCUT2D eigenvalue weighted by molar-refractivity contribution is 5.87. The van der Waals surface area contributed by atoms with E-state index in [9.17, 15) is 9.59 Å². The van der Waals surface area contributed by atoms with Crippen LogP contribution in [0.3, 0.4) is 0 Å². The molecule has 1 atom stereocenters. The van der Waals surface area contributed by atoms with E-state index in [1.165, 1.54) is 29.5 Å². The van der Waals surface area contributed by atoms with Crippen molar-refractivity contribution in [3.05, 3.63) is 47.2 Å². The fourth-order valence-electron chi connectivity index (χ4n) is 5.40. The van der Waals surface area contributed by atoms with Crippen LogP contribution in [0.2, 0.25) is 0 Å². The van der Waals surface area contributed by atoms with Crippen molar-refractivity contribution < 1.29 is 14.7 Å². The van der Waals surface area contributed by atoms with Crippen molar-refractivity contribution in [2.75, 3.05) is 56.9 Å². The van der Waals surface area contributed by atoms with Crippen molar-refractivity contribution in [3.63, 3.8) is 0 Å². The number of aliphatic carboxylic acids is 1. The Bertz CT molecular complexity index is 1350. The maximum Gasteiger partial charge on any atom is 0.306 e. The summed E-state index contributed by atoms with van der Waals surface area (Å²) in [5, 5.41) is 15.3. The number of fused-ring (bicyclic) bond motifs is 1. The third kappa shape index (κ3) is 8.65. The standard InChI is InChI=1S/C31H46N8O3/c1-4-5-6-10-34-29-28-26(35-31(32)36-29)9-12-39(28)21-25-8-7-24(18-22(25)2)20-38-16-14-37(15-17-38)13-11-33-27(40)19-23(3)30(41)42/h7-9,12,18,23H,4-6,10-11,13-17,19-21H2,1-3H3,(H,33,40)(H,41,42)(H3,32,34,35,36). The van der Waals surface area contributed by atoms with Gasteiger partial charge < -0.3 is 26.0 Å². The molecule has 0 bridgehead atoms. The highest BCUT2D eigenvalue weighted by atomic mass is 16.4. The molecular weight excluding hydrogens is 532 g/mol. The molecule has 1 aromatic carbocycles. The Kier molecular flexibility index (Phi) is 11.1. The number of nitrogens with two attached hydrogens (primary N) is 1. The smallest absolute Gasteiger partial charge is 0.306 e. The fourth-order valence-corrected chi connectivity index (χ4v) is 5.40. The minimum atomic E-state index is -0.943. The molecule has 0 radical (unpaired) electrons. The van der Waals surface area contributed by atoms with E-state index in [4.69, 9.17) is 10.8 Å². The number of unbranched alkanes of at least 4 members (excludes halogenated alkanes) is 2. The van der Waals surface area contributed by atoms with Crippen LogP contribution in [0.5, 0.6) is 0 Å². The lowest BCUT2D eigenvalue weighted by Crippen LogP contribution is -2.48. The molecule has 3 heterocycles. The Balaban J connectivity index is 1.28. The molecule has 1 aliphatic heterocycles. The van der Waals surface area contributed by atoms with Crippen molar-refractivity contribution in [1.82, 2.24) is 29.7 Å². The van der Waals surface area contributed by atoms with Gasteiger partial charge in [-0.25, -0.2) is 4.98 Å². The maximum atomic E-state index is 11.9. The number of aryl methyl sites for hydroxylation is 1. The molecule has 4 rings (SSSR count). The summed E-state index contributed by atoms with van der Waals surface area (Å²) in [6.07, 6.45) is 5.51. The third-order valence-electron chi connectivity index (χ3n) is 7.98. The second-order valence-electron chi connectivity index (χ2n) is 11.4. The Labute approximate surface area is 248 Å². The van der Waals surface area contributed by atoms with E-state index < -0.39 is 11.9 Å². The Morgan fingerprint density at radius 3 is 2.52 bits per heavy atom. The van der Waals surface area contributed by atoms with Gasteiger partial charge in [-0.05, 0) is 36.1 Å². The summed E-state index contributed by atoms with van der Waals surface area (Å²) in [4.78, 5) is 36.6. The number of amides is 1. The minimum Gasteiger partial charge on any atom is -0.481 e. The van der Waals surface area contributed by atoms with Gasteiger partial charge in [0.15, 0.2) is 5.82 Å². The molecule has 1 amide bonds. The number of carboxylic acid groups (broad SMARTS) is 1. The van der Waals surface area contributed by atoms with E-state index in [2.05, 4.69) is 73.2 Å². The molecule has 1 aliphatic rings. The van der Waals surface area contributed by atoms with Crippen molar-refractivity contribution in [2.24, 2.45) is 5.92 Å². The number of carbonyl (C=O) groups excluding carboxylic acids is 1. The van der Waals surface area contributed by atoms with Gasteiger partial charge in [-0.15, -0.1) is 0 Å². The number of carboxylic acids is 1. The number of benzene rings is 1. The van der Waals surface area contributed by atoms with Gasteiger partial charge in [0.2, 0.25) is 11.9 Å². The number of aromatic nitrogens is 3. The summed E-state index contributed by atoms with van der Waals surface area (Å²) in [6, 6.07) is 8.75. The molecule has 42 heavy (non-hydrogen) atoms. The molecule has 1 unspecified atom stereocenters. The van der Waals surface area contributed by atoms with E-state index in [0.29, 0.717) is 6.54 Å². The second-order valence-corrected chi connectivity index (χ2v) is 11.4. The van der Waals surface area contributed by atoms with Gasteiger partial charge in [0.1, 0.15) is 5.52 Å². The Morgan fingerprint density at radius 1 is 1.05 bits per heavy atom. The monoisotopic (exact) mass is 578 g/mol. The number of nitrogen functional groups attached to an aromatic ring is 1. The molecule has 0 aliphatic carbocycles. The summed E-state index contributed by atoms with van der Waals surface area (Å²) in [7, 11) is 0. The quantitative estimate of drug-likeness (QED) is 0.200. The van der Waals surface area contributed by atoms with Crippen LogP contribution >= 0.6 is 0 Å². The van der Waals surface area contributed by atoms with Gasteiger partial charge in [-0.3, -0.25) is 19.4 Å². The molecule has 0 spiro atoms. The van der Waals surface area contributed by atoms with Crippen LogP contribution in [0.1, 0.15) is 56.2 Å². The highest BCUT2D eigenvalue weighted by Crippen LogP contribution is 2.25. The molecule has 5 N–H and O–H groups in total. The summed E-state index contributed by atoms with van der Waals surface area (Å²) in [5.74, 6) is -0.729. The summed E-state index contributed by atoms with van der Waals surface area (Å²) < 4.78 is 2.20. The van der Waals surface area contributed by atoms with E-state index in [-0.39, 0.29) is 18.3 Å². The predicted octanol–water partition coefficient (Wildman–Crippen LogP) is 3.32. The molecule has 2 aromatic heterocycles. The van der Waals surface area contributed by atoms with Crippen LogP contribution < -0.4 is 16.4 Å². The van der Waals surface area contributed by atoms with Gasteiger partial charge in [0, 0.05) is 71.5 Å². The number of hydrogen-bond donors (Lipinski definition) is 4. The first-order valence-electron chi connectivity index (χ1n) is 15.1. The zero-order valence-electron chi connectivity index (χ0n) is 25.2. The maximum absolute atomic E-state index is 11.9. The zero-order valence-corrected chi connectivity index (χ0v) is 25.2. The summed E-state index contributed by atoms with van der Waals surface area (Å²) in [6.45, 7) is 13.6. The lowest BCUT2D eigenvalue weighted by atomic mass is 10.0. The first-order valence-corrected chi connectivity index (χ1v) is 15.1. The number of nitrogens with zero attached hydrogens (tertiary/aromatic N) is 5. The lowest BCUT2D eigenvalue weighted by molar-refractivity contribution is -0.143. The Morgan fingerprint density at radius 2 is 1.81 bits per heavy atom. The highest BCUT2D eigenvalue weighted by Gasteiger charge is 2.19. The van der Waals surface area contributed by atoms with E-state index >= 15 is 0 Å². The molecule has 1 fully saturated rings. The van der Waals surface area contributed by atoms with Crippen LogP contribution in [0, 0.1) is 12.8 Å². The number of nitrogens with one attached hydrogen (secondary N) is 2. The largest absolute Gasteiger partial charge is 0.481 e. The summed E-state index contributed by atoms with van der Waals surface area (Å²) >= 11 is 0. The first kappa shape index (κ1) is 31.2. The average Bonchev–Trinajstić information content (AvgIpc) is 3.35. The number of anilines is 2. The van der Waals surface area contributed by atoms with E-state index in [1.54, 1.807) is 6.92 Å². The fraction of sp³-hybridized carbons (Fsp3) is 0.548. The van der Waals surface area contributed by atoms with Crippen molar-refractivity contribution in [1.29, 1.82) is 0 Å². The third-order valence-corrected chi connectivity index (χ3v) is 7.98. The molecule has 11 nitrogen and oxygen atoms in total. The van der Waals surface area contributed by atoms with Crippen molar-refractivity contribution in [2.45, 2.75) is 59.5 Å². The second kappa shape index (κ2) is 15.0. The molecule has 0 saturated carbocycles. The molecule has 3 aromatic rings. The van der Waals surface area contributed by atoms with Crippen molar-refractivity contribution in [3.8, 4) is 0 Å². The number of hydrogen-bond acceptors (Lipinski definition) is 8. The number of carbonyl (C=O) groups is 2. The molecule has 11 heteroatoms. The lowest BCUT2D eigenvalue weighted by Gasteiger charge is -2.34. The SMILES string of the molecule is CCCCCNc1nc(N)nc2ccn(Cc3ccc(CN4CCN(CCNC(=O)CC(C)C(=O)O)CC4)cc3C)c12. The topological polar surface area (TPSA) is 142 Å². The van der Waals surface area contributed by atoms with Gasteiger partial charge in [0.05, 0.1) is 11.4 Å².